The maximum atomic E-state index is 12.3. The highest BCUT2D eigenvalue weighted by atomic mass is 32.2. The topological polar surface area (TPSA) is 89.7 Å². The minimum Gasteiger partial charge on any atom is -0.370 e. The summed E-state index contributed by atoms with van der Waals surface area (Å²) in [7, 11) is -1.68. The Balaban J connectivity index is 1.48. The van der Waals surface area contributed by atoms with Crippen molar-refractivity contribution in [1.29, 1.82) is 5.26 Å². The fourth-order valence-electron chi connectivity index (χ4n) is 3.67. The summed E-state index contributed by atoms with van der Waals surface area (Å²) in [4.78, 5) is 8.65. The van der Waals surface area contributed by atoms with Gasteiger partial charge in [-0.05, 0) is 37.1 Å². The van der Waals surface area contributed by atoms with Crippen molar-refractivity contribution in [3.05, 3.63) is 53.9 Å². The standard InChI is InChI=1S/C19H19N5O2S/c1-23(19-17-4-2-3-5-18(17)27(25,26)22-19)15-8-10-24(11-9-15)16-7-6-14(12-20)21-13-16/h2-7,13,15H,8-11H2,1H3. The molecule has 4 rings (SSSR count). The average Bonchev–Trinajstić information content (AvgIpc) is 2.99. The summed E-state index contributed by atoms with van der Waals surface area (Å²) < 4.78 is 28.6. The molecule has 0 unspecified atom stereocenters. The van der Waals surface area contributed by atoms with Gasteiger partial charge in [0, 0.05) is 31.7 Å². The Morgan fingerprint density at radius 1 is 1.19 bits per heavy atom. The average molecular weight is 381 g/mol. The molecule has 0 spiro atoms. The maximum absolute atomic E-state index is 12.3. The van der Waals surface area contributed by atoms with Crippen molar-refractivity contribution in [3.8, 4) is 6.07 Å². The molecule has 0 radical (unpaired) electrons. The molecule has 27 heavy (non-hydrogen) atoms. The van der Waals surface area contributed by atoms with Crippen molar-refractivity contribution in [2.24, 2.45) is 4.40 Å². The van der Waals surface area contributed by atoms with Crippen LogP contribution in [0.4, 0.5) is 5.69 Å². The van der Waals surface area contributed by atoms with Crippen molar-refractivity contribution < 1.29 is 8.42 Å². The molecule has 0 amide bonds. The van der Waals surface area contributed by atoms with Gasteiger partial charge in [-0.15, -0.1) is 4.40 Å². The molecule has 0 bridgehead atoms. The number of rotatable bonds is 2. The van der Waals surface area contributed by atoms with Gasteiger partial charge in [-0.3, -0.25) is 0 Å². The van der Waals surface area contributed by atoms with Crippen LogP contribution < -0.4 is 4.90 Å². The molecule has 2 aromatic rings. The Morgan fingerprint density at radius 3 is 2.59 bits per heavy atom. The van der Waals surface area contributed by atoms with Gasteiger partial charge < -0.3 is 9.80 Å². The molecular weight excluding hydrogens is 362 g/mol. The van der Waals surface area contributed by atoms with Gasteiger partial charge in [0.1, 0.15) is 16.7 Å². The number of piperidine rings is 1. The first-order valence-electron chi connectivity index (χ1n) is 8.78. The first-order chi connectivity index (χ1) is 13.0. The Kier molecular flexibility index (Phi) is 4.32. The number of aromatic nitrogens is 1. The number of benzene rings is 1. The van der Waals surface area contributed by atoms with Crippen LogP contribution in [0.5, 0.6) is 0 Å². The first-order valence-corrected chi connectivity index (χ1v) is 10.2. The van der Waals surface area contributed by atoms with E-state index in [0.29, 0.717) is 17.1 Å². The minimum atomic E-state index is -3.60. The highest BCUT2D eigenvalue weighted by Crippen LogP contribution is 2.30. The Hall–Kier alpha value is -2.92. The lowest BCUT2D eigenvalue weighted by atomic mass is 10.0. The Labute approximate surface area is 158 Å². The maximum Gasteiger partial charge on any atom is 0.285 e. The molecule has 8 heteroatoms. The monoisotopic (exact) mass is 381 g/mol. The van der Waals surface area contributed by atoms with E-state index < -0.39 is 10.0 Å². The normalized spacial score (nSPS) is 18.5. The second-order valence-electron chi connectivity index (χ2n) is 6.73. The summed E-state index contributed by atoms with van der Waals surface area (Å²) in [5.41, 5.74) is 2.09. The van der Waals surface area contributed by atoms with Crippen molar-refractivity contribution >= 4 is 21.5 Å². The lowest BCUT2D eigenvalue weighted by Crippen LogP contribution is -2.45. The van der Waals surface area contributed by atoms with Crippen LogP contribution in [0.1, 0.15) is 24.1 Å². The van der Waals surface area contributed by atoms with Crippen molar-refractivity contribution in [2.45, 2.75) is 23.8 Å². The molecule has 0 saturated carbocycles. The molecule has 1 saturated heterocycles. The summed E-state index contributed by atoms with van der Waals surface area (Å²) in [5, 5.41) is 8.86. The molecule has 1 aromatic carbocycles. The van der Waals surface area contributed by atoms with Crippen molar-refractivity contribution in [3.63, 3.8) is 0 Å². The zero-order valence-corrected chi connectivity index (χ0v) is 15.7. The second-order valence-corrected chi connectivity index (χ2v) is 8.30. The molecule has 0 aliphatic carbocycles. The number of nitrogens with zero attached hydrogens (tertiary/aromatic N) is 5. The van der Waals surface area contributed by atoms with Crippen LogP contribution in [-0.2, 0) is 10.0 Å². The molecule has 138 valence electrons. The Bertz CT molecular complexity index is 1030. The first kappa shape index (κ1) is 17.5. The van der Waals surface area contributed by atoms with Crippen LogP contribution in [-0.4, -0.2) is 50.3 Å². The molecule has 0 atom stereocenters. The molecule has 1 aromatic heterocycles. The van der Waals surface area contributed by atoms with E-state index in [1.165, 1.54) is 0 Å². The van der Waals surface area contributed by atoms with E-state index in [2.05, 4.69) is 14.3 Å². The van der Waals surface area contributed by atoms with E-state index in [1.54, 1.807) is 24.4 Å². The van der Waals surface area contributed by atoms with Gasteiger partial charge in [0.25, 0.3) is 10.0 Å². The molecule has 0 N–H and O–H groups in total. The highest BCUT2D eigenvalue weighted by Gasteiger charge is 2.33. The summed E-state index contributed by atoms with van der Waals surface area (Å²) in [6.07, 6.45) is 3.50. The lowest BCUT2D eigenvalue weighted by Gasteiger charge is -2.38. The van der Waals surface area contributed by atoms with Gasteiger partial charge >= 0.3 is 0 Å². The van der Waals surface area contributed by atoms with Gasteiger partial charge in [0.05, 0.1) is 11.9 Å². The summed E-state index contributed by atoms with van der Waals surface area (Å²) in [5.74, 6) is 0.532. The number of sulfonamides is 1. The third-order valence-electron chi connectivity index (χ3n) is 5.19. The lowest BCUT2D eigenvalue weighted by molar-refractivity contribution is 0.306. The zero-order chi connectivity index (χ0) is 19.0. The predicted molar refractivity (Wildman–Crippen MR) is 102 cm³/mol. The van der Waals surface area contributed by atoms with Gasteiger partial charge in [-0.1, -0.05) is 12.1 Å². The number of anilines is 1. The smallest absolute Gasteiger partial charge is 0.285 e. The fraction of sp³-hybridized carbons (Fsp3) is 0.316. The van der Waals surface area contributed by atoms with Gasteiger partial charge in [-0.2, -0.15) is 13.7 Å². The van der Waals surface area contributed by atoms with Crippen LogP contribution in [0.15, 0.2) is 51.9 Å². The van der Waals surface area contributed by atoms with Gasteiger partial charge in [0.2, 0.25) is 0 Å². The van der Waals surface area contributed by atoms with Crippen molar-refractivity contribution in [1.82, 2.24) is 9.88 Å². The fourth-order valence-corrected chi connectivity index (χ4v) is 4.91. The van der Waals surface area contributed by atoms with E-state index >= 15 is 0 Å². The number of hydrogen-bond donors (Lipinski definition) is 0. The molecule has 7 nitrogen and oxygen atoms in total. The third kappa shape index (κ3) is 3.15. The number of nitriles is 1. The predicted octanol–water partition coefficient (Wildman–Crippen LogP) is 2.00. The molecule has 2 aliphatic heterocycles. The third-order valence-corrected chi connectivity index (χ3v) is 6.51. The van der Waals surface area contributed by atoms with Gasteiger partial charge in [-0.25, -0.2) is 4.98 Å². The summed E-state index contributed by atoms with van der Waals surface area (Å²) >= 11 is 0. The van der Waals surface area contributed by atoms with Crippen molar-refractivity contribution in [2.75, 3.05) is 25.0 Å². The molecule has 1 fully saturated rings. The largest absolute Gasteiger partial charge is 0.370 e. The number of fused-ring (bicyclic) bond motifs is 1. The second kappa shape index (κ2) is 6.67. The number of pyridine rings is 1. The summed E-state index contributed by atoms with van der Waals surface area (Å²) in [6, 6.07) is 12.9. The van der Waals surface area contributed by atoms with E-state index in [9.17, 15) is 8.42 Å². The number of hydrogen-bond acceptors (Lipinski definition) is 6. The molecule has 3 heterocycles. The van der Waals surface area contributed by atoms with E-state index in [0.717, 1.165) is 31.6 Å². The zero-order valence-electron chi connectivity index (χ0n) is 14.9. The summed E-state index contributed by atoms with van der Waals surface area (Å²) in [6.45, 7) is 1.68. The van der Waals surface area contributed by atoms with E-state index in [-0.39, 0.29) is 10.9 Å². The molecular formula is C19H19N5O2S. The van der Waals surface area contributed by atoms with Crippen LogP contribution in [0, 0.1) is 11.3 Å². The molecule has 2 aliphatic rings. The number of amidine groups is 1. The highest BCUT2D eigenvalue weighted by molar-refractivity contribution is 7.90. The van der Waals surface area contributed by atoms with E-state index in [1.807, 2.05) is 36.2 Å². The van der Waals surface area contributed by atoms with Crippen LogP contribution in [0.2, 0.25) is 0 Å². The SMILES string of the molecule is CN(C1=NS(=O)(=O)c2ccccc21)C1CCN(c2ccc(C#N)nc2)CC1. The van der Waals surface area contributed by atoms with Crippen LogP contribution in [0.3, 0.4) is 0 Å². The van der Waals surface area contributed by atoms with Crippen LogP contribution >= 0.6 is 0 Å². The minimum absolute atomic E-state index is 0.215. The van der Waals surface area contributed by atoms with Crippen LogP contribution in [0.25, 0.3) is 0 Å². The Morgan fingerprint density at radius 2 is 1.93 bits per heavy atom. The van der Waals surface area contributed by atoms with Gasteiger partial charge in [0.15, 0.2) is 5.84 Å². The quantitative estimate of drug-likeness (QED) is 0.790. The van der Waals surface area contributed by atoms with E-state index in [4.69, 9.17) is 5.26 Å².